The topological polar surface area (TPSA) is 37.7 Å². The van der Waals surface area contributed by atoms with E-state index in [1.807, 2.05) is 32.1 Å². The average Bonchev–Trinajstić information content (AvgIpc) is 3.50. The number of piperidine rings is 1. The van der Waals surface area contributed by atoms with Gasteiger partial charge in [0.1, 0.15) is 7.11 Å². The van der Waals surface area contributed by atoms with Gasteiger partial charge in [-0.1, -0.05) is 72.4 Å². The fourth-order valence-electron chi connectivity index (χ4n) is 5.36. The Kier molecular flexibility index (Phi) is 10.0. The Labute approximate surface area is 231 Å². The van der Waals surface area contributed by atoms with E-state index in [1.54, 1.807) is 7.11 Å². The molecule has 5 heteroatoms. The van der Waals surface area contributed by atoms with Crippen molar-refractivity contribution in [3.05, 3.63) is 46.0 Å². The third kappa shape index (κ3) is 7.89. The fraction of sp³-hybridized carbons (Fsp3) is 0.688. The van der Waals surface area contributed by atoms with Crippen LogP contribution in [0.25, 0.3) is 5.57 Å². The second kappa shape index (κ2) is 12.4. The summed E-state index contributed by atoms with van der Waals surface area (Å²) in [5, 5.41) is 7.69. The predicted octanol–water partition coefficient (Wildman–Crippen LogP) is 8.74. The molecule has 0 spiro atoms. The van der Waals surface area contributed by atoms with Crippen LogP contribution >= 0.6 is 11.3 Å². The number of aromatic nitrogens is 1. The second-order valence-corrected chi connectivity index (χ2v) is 13.6. The number of likely N-dealkylation sites (tertiary alicyclic amines) is 1. The molecule has 1 saturated carbocycles. The van der Waals surface area contributed by atoms with Crippen LogP contribution in [0.5, 0.6) is 0 Å². The minimum Gasteiger partial charge on any atom is -0.399 e. The van der Waals surface area contributed by atoms with Gasteiger partial charge in [0.25, 0.3) is 0 Å². The van der Waals surface area contributed by atoms with Gasteiger partial charge in [0.2, 0.25) is 0 Å². The van der Waals surface area contributed by atoms with Gasteiger partial charge in [-0.15, -0.1) is 11.3 Å². The molecular formula is C32H51N3OS. The van der Waals surface area contributed by atoms with Crippen molar-refractivity contribution in [3.8, 4) is 0 Å². The van der Waals surface area contributed by atoms with E-state index in [4.69, 9.17) is 9.82 Å². The van der Waals surface area contributed by atoms with E-state index in [0.29, 0.717) is 17.3 Å². The summed E-state index contributed by atoms with van der Waals surface area (Å²) in [5.41, 5.74) is 6.80. The van der Waals surface area contributed by atoms with E-state index in [1.165, 1.54) is 41.1 Å². The van der Waals surface area contributed by atoms with Crippen molar-refractivity contribution < 1.29 is 4.84 Å². The van der Waals surface area contributed by atoms with Crippen LogP contribution in [-0.2, 0) is 4.84 Å². The molecule has 1 saturated heterocycles. The number of rotatable bonds is 9. The summed E-state index contributed by atoms with van der Waals surface area (Å²) in [4.78, 5) is 12.6. The highest BCUT2D eigenvalue weighted by atomic mass is 32.1. The molecule has 2 atom stereocenters. The highest BCUT2D eigenvalue weighted by Gasteiger charge is 2.44. The first kappa shape index (κ1) is 29.8. The molecule has 1 aromatic rings. The van der Waals surface area contributed by atoms with E-state index in [-0.39, 0.29) is 5.41 Å². The molecule has 1 aliphatic heterocycles. The van der Waals surface area contributed by atoms with Crippen LogP contribution in [0.3, 0.4) is 0 Å². The second-order valence-electron chi connectivity index (χ2n) is 12.8. The van der Waals surface area contributed by atoms with Crippen molar-refractivity contribution in [2.75, 3.05) is 26.7 Å². The van der Waals surface area contributed by atoms with Crippen molar-refractivity contribution in [1.82, 2.24) is 9.88 Å². The average molecular weight is 526 g/mol. The number of fused-ring (bicyclic) bond motifs is 1. The number of hydrogen-bond donors (Lipinski definition) is 0. The molecule has 0 bridgehead atoms. The van der Waals surface area contributed by atoms with Gasteiger partial charge in [0.15, 0.2) is 0 Å². The van der Waals surface area contributed by atoms with Crippen LogP contribution < -0.4 is 0 Å². The highest BCUT2D eigenvalue weighted by molar-refractivity contribution is 7.09. The zero-order valence-corrected chi connectivity index (χ0v) is 25.8. The first-order valence-corrected chi connectivity index (χ1v) is 15.2. The quantitative estimate of drug-likeness (QED) is 0.239. The largest absolute Gasteiger partial charge is 0.399 e. The monoisotopic (exact) mass is 525 g/mol. The maximum Gasteiger partial charge on any atom is 0.106 e. The van der Waals surface area contributed by atoms with Crippen LogP contribution in [0.4, 0.5) is 0 Å². The van der Waals surface area contributed by atoms with E-state index in [0.717, 1.165) is 49.7 Å². The minimum atomic E-state index is 0.216. The molecule has 37 heavy (non-hydrogen) atoms. The molecule has 2 heterocycles. The van der Waals surface area contributed by atoms with Crippen molar-refractivity contribution >= 4 is 22.6 Å². The lowest BCUT2D eigenvalue weighted by molar-refractivity contribution is 0.211. The van der Waals surface area contributed by atoms with Crippen molar-refractivity contribution in [1.29, 1.82) is 0 Å². The molecule has 4 nitrogen and oxygen atoms in total. The summed E-state index contributed by atoms with van der Waals surface area (Å²) in [6, 6.07) is 0. The SMILES string of the molecule is C=C(CN1CCC(c2nc(C3=CC(C(C)(C)CCC(C)(C)C)=CC4CC34)cs2)CC1)/C(C)=N\OC.CC. The third-order valence-corrected chi connectivity index (χ3v) is 9.14. The molecular weight excluding hydrogens is 474 g/mol. The Balaban J connectivity index is 0.00000186. The van der Waals surface area contributed by atoms with Gasteiger partial charge in [-0.05, 0) is 91.5 Å². The maximum atomic E-state index is 5.23. The summed E-state index contributed by atoms with van der Waals surface area (Å²) < 4.78 is 0. The van der Waals surface area contributed by atoms with Gasteiger partial charge in [-0.3, -0.25) is 4.90 Å². The molecule has 2 aliphatic carbocycles. The molecule has 0 aromatic carbocycles. The summed E-state index contributed by atoms with van der Waals surface area (Å²) in [7, 11) is 1.59. The molecule has 206 valence electrons. The number of oxime groups is 1. The molecule has 0 N–H and O–H groups in total. The van der Waals surface area contributed by atoms with Crippen molar-refractivity contribution in [2.45, 2.75) is 93.4 Å². The summed E-state index contributed by atoms with van der Waals surface area (Å²) in [6.45, 7) is 25.1. The lowest BCUT2D eigenvalue weighted by atomic mass is 9.73. The van der Waals surface area contributed by atoms with Gasteiger partial charge < -0.3 is 4.84 Å². The molecule has 2 unspecified atom stereocenters. The maximum absolute atomic E-state index is 5.23. The normalized spacial score (nSPS) is 22.9. The van der Waals surface area contributed by atoms with Crippen molar-refractivity contribution in [2.24, 2.45) is 27.8 Å². The van der Waals surface area contributed by atoms with Crippen molar-refractivity contribution in [3.63, 3.8) is 0 Å². The van der Waals surface area contributed by atoms with Gasteiger partial charge in [0, 0.05) is 17.8 Å². The van der Waals surface area contributed by atoms with Crippen LogP contribution in [-0.4, -0.2) is 42.3 Å². The molecule has 3 aliphatic rings. The molecule has 2 fully saturated rings. The van der Waals surface area contributed by atoms with Gasteiger partial charge in [-0.25, -0.2) is 4.98 Å². The van der Waals surface area contributed by atoms with E-state index < -0.39 is 0 Å². The zero-order valence-electron chi connectivity index (χ0n) is 25.0. The van der Waals surface area contributed by atoms with Crippen LogP contribution in [0.15, 0.2) is 40.4 Å². The van der Waals surface area contributed by atoms with E-state index in [2.05, 4.69) is 68.8 Å². The summed E-state index contributed by atoms with van der Waals surface area (Å²) >= 11 is 1.88. The molecule has 0 amide bonds. The lowest BCUT2D eigenvalue weighted by Gasteiger charge is -2.32. The van der Waals surface area contributed by atoms with E-state index in [9.17, 15) is 0 Å². The smallest absolute Gasteiger partial charge is 0.106 e. The summed E-state index contributed by atoms with van der Waals surface area (Å²) in [6.07, 6.45) is 11.2. The zero-order chi connectivity index (χ0) is 27.4. The number of thiazole rings is 1. The van der Waals surface area contributed by atoms with Gasteiger partial charge >= 0.3 is 0 Å². The van der Waals surface area contributed by atoms with Gasteiger partial charge in [-0.2, -0.15) is 0 Å². The highest BCUT2D eigenvalue weighted by Crippen LogP contribution is 2.55. The number of allylic oxidation sites excluding steroid dienone is 4. The number of nitrogens with zero attached hydrogens (tertiary/aromatic N) is 3. The Bertz CT molecular complexity index is 1020. The standard InChI is InChI=1S/C30H45N3OS.C2H6/c1-20(21(2)32-34-8)18-33-13-9-22(10-14-33)28-31-27(19-35-28)26-17-24(15-23-16-25(23)26)30(6,7)12-11-29(3,4)5;1-2/h15,17,19,22-23,25H,1,9-14,16,18H2,2-8H3;1-2H3/b32-21-;. The lowest BCUT2D eigenvalue weighted by Crippen LogP contribution is -2.35. The first-order chi connectivity index (χ1) is 17.5. The Morgan fingerprint density at radius 1 is 1.16 bits per heavy atom. The Hall–Kier alpha value is -1.72. The Morgan fingerprint density at radius 3 is 2.46 bits per heavy atom. The number of hydrogen-bond acceptors (Lipinski definition) is 5. The van der Waals surface area contributed by atoms with Gasteiger partial charge in [0.05, 0.1) is 16.4 Å². The minimum absolute atomic E-state index is 0.216. The summed E-state index contributed by atoms with van der Waals surface area (Å²) in [5.74, 6) is 1.99. The first-order valence-electron chi connectivity index (χ1n) is 14.3. The van der Waals surface area contributed by atoms with Crippen LogP contribution in [0.2, 0.25) is 0 Å². The van der Waals surface area contributed by atoms with Crippen LogP contribution in [0, 0.1) is 22.7 Å². The fourth-order valence-corrected chi connectivity index (χ4v) is 6.36. The Morgan fingerprint density at radius 2 is 1.84 bits per heavy atom. The molecule has 4 rings (SSSR count). The predicted molar refractivity (Wildman–Crippen MR) is 161 cm³/mol. The van der Waals surface area contributed by atoms with Crippen LogP contribution in [0.1, 0.15) is 104 Å². The molecule has 0 radical (unpaired) electrons. The molecule has 1 aromatic heterocycles. The van der Waals surface area contributed by atoms with E-state index >= 15 is 0 Å². The third-order valence-electron chi connectivity index (χ3n) is 8.13.